The van der Waals surface area contributed by atoms with E-state index < -0.39 is 6.10 Å². The second-order valence-corrected chi connectivity index (χ2v) is 7.48. The summed E-state index contributed by atoms with van der Waals surface area (Å²) < 4.78 is 10.4. The van der Waals surface area contributed by atoms with Gasteiger partial charge in [0.1, 0.15) is 6.10 Å². The largest absolute Gasteiger partial charge is 0.378 e. The van der Waals surface area contributed by atoms with Crippen molar-refractivity contribution < 1.29 is 14.3 Å². The van der Waals surface area contributed by atoms with Gasteiger partial charge in [0.15, 0.2) is 0 Å². The van der Waals surface area contributed by atoms with Gasteiger partial charge in [0.25, 0.3) is 5.91 Å². The fourth-order valence-corrected chi connectivity index (χ4v) is 3.36. The summed E-state index contributed by atoms with van der Waals surface area (Å²) in [6, 6.07) is 17.6. The third-order valence-corrected chi connectivity index (χ3v) is 5.33. The van der Waals surface area contributed by atoms with Crippen molar-refractivity contribution in [2.75, 3.05) is 48.9 Å². The highest BCUT2D eigenvalue weighted by molar-refractivity contribution is 5.94. The molecule has 3 aromatic rings. The van der Waals surface area contributed by atoms with E-state index in [1.54, 1.807) is 13.1 Å². The Morgan fingerprint density at radius 3 is 2.41 bits per heavy atom. The highest BCUT2D eigenvalue weighted by Crippen LogP contribution is 2.23. The van der Waals surface area contributed by atoms with Gasteiger partial charge in [-0.1, -0.05) is 12.1 Å². The number of carbonyl (C=O) groups excluding carboxylic acids is 1. The highest BCUT2D eigenvalue weighted by atomic mass is 16.5. The maximum absolute atomic E-state index is 12.0. The monoisotopic (exact) mass is 433 g/mol. The molecule has 0 bridgehead atoms. The number of rotatable bonds is 7. The van der Waals surface area contributed by atoms with Gasteiger partial charge >= 0.3 is 0 Å². The summed E-state index contributed by atoms with van der Waals surface area (Å²) in [7, 11) is 1.51. The quantitative estimate of drug-likeness (QED) is 0.587. The maximum Gasteiger partial charge on any atom is 0.253 e. The van der Waals surface area contributed by atoms with E-state index in [0.29, 0.717) is 11.6 Å². The van der Waals surface area contributed by atoms with Crippen LogP contribution in [0.15, 0.2) is 60.8 Å². The van der Waals surface area contributed by atoms with E-state index in [2.05, 4.69) is 37.6 Å². The Kier molecular flexibility index (Phi) is 6.94. The van der Waals surface area contributed by atoms with Crippen LogP contribution in [0.25, 0.3) is 11.3 Å². The van der Waals surface area contributed by atoms with Crippen molar-refractivity contribution >= 4 is 28.9 Å². The fourth-order valence-electron chi connectivity index (χ4n) is 3.36. The smallest absolute Gasteiger partial charge is 0.253 e. The number of nitrogens with one attached hydrogen (secondary N) is 2. The summed E-state index contributed by atoms with van der Waals surface area (Å²) >= 11 is 0. The van der Waals surface area contributed by atoms with Crippen molar-refractivity contribution in [1.82, 2.24) is 9.97 Å². The first-order valence-corrected chi connectivity index (χ1v) is 10.6. The molecule has 32 heavy (non-hydrogen) atoms. The Morgan fingerprint density at radius 2 is 1.72 bits per heavy atom. The number of amides is 1. The van der Waals surface area contributed by atoms with Crippen LogP contribution in [0.1, 0.15) is 6.92 Å². The highest BCUT2D eigenvalue weighted by Gasteiger charge is 2.12. The zero-order chi connectivity index (χ0) is 22.3. The van der Waals surface area contributed by atoms with Gasteiger partial charge in [-0.25, -0.2) is 9.97 Å². The van der Waals surface area contributed by atoms with Crippen LogP contribution in [0.2, 0.25) is 0 Å². The van der Waals surface area contributed by atoms with Gasteiger partial charge in [-0.2, -0.15) is 0 Å². The SMILES string of the molecule is COC(C)C(=O)Nc1ccc(-c2ccnc(Nc3ccc(N4CCOCC4)cc3)n2)cc1. The minimum atomic E-state index is -0.506. The Balaban J connectivity index is 1.41. The van der Waals surface area contributed by atoms with Crippen molar-refractivity contribution in [2.24, 2.45) is 0 Å². The molecule has 8 nitrogen and oxygen atoms in total. The fraction of sp³-hybridized carbons (Fsp3) is 0.292. The molecule has 1 amide bonds. The molecule has 4 rings (SSSR count). The molecule has 2 N–H and O–H groups in total. The van der Waals surface area contributed by atoms with Crippen LogP contribution in [-0.4, -0.2) is 55.4 Å². The van der Waals surface area contributed by atoms with E-state index in [4.69, 9.17) is 9.47 Å². The zero-order valence-electron chi connectivity index (χ0n) is 18.2. The minimum Gasteiger partial charge on any atom is -0.378 e. The second-order valence-electron chi connectivity index (χ2n) is 7.48. The number of hydrogen-bond acceptors (Lipinski definition) is 7. The number of aromatic nitrogens is 2. The van der Waals surface area contributed by atoms with E-state index in [1.165, 1.54) is 12.8 Å². The van der Waals surface area contributed by atoms with Crippen molar-refractivity contribution in [1.29, 1.82) is 0 Å². The average molecular weight is 434 g/mol. The van der Waals surface area contributed by atoms with Crippen LogP contribution in [-0.2, 0) is 14.3 Å². The van der Waals surface area contributed by atoms with Gasteiger partial charge in [0.2, 0.25) is 5.95 Å². The first-order chi connectivity index (χ1) is 15.6. The summed E-state index contributed by atoms with van der Waals surface area (Å²) in [5.74, 6) is 0.335. The Bertz CT molecular complexity index is 1030. The van der Waals surface area contributed by atoms with E-state index in [1.807, 2.05) is 42.5 Å². The summed E-state index contributed by atoms with van der Waals surface area (Å²) in [5, 5.41) is 6.09. The van der Waals surface area contributed by atoms with Crippen LogP contribution in [0.3, 0.4) is 0 Å². The molecule has 0 saturated carbocycles. The Morgan fingerprint density at radius 1 is 1.03 bits per heavy atom. The van der Waals surface area contributed by atoms with Gasteiger partial charge in [0, 0.05) is 49.0 Å². The van der Waals surface area contributed by atoms with Gasteiger partial charge in [-0.15, -0.1) is 0 Å². The first-order valence-electron chi connectivity index (χ1n) is 10.6. The van der Waals surface area contributed by atoms with Gasteiger partial charge in [-0.05, 0) is 49.4 Å². The molecule has 2 heterocycles. The van der Waals surface area contributed by atoms with Crippen LogP contribution in [0, 0.1) is 0 Å². The molecule has 8 heteroatoms. The molecule has 0 radical (unpaired) electrons. The number of morpholine rings is 1. The van der Waals surface area contributed by atoms with E-state index in [0.717, 1.165) is 43.2 Å². The predicted octanol–water partition coefficient (Wildman–Crippen LogP) is 3.70. The van der Waals surface area contributed by atoms with Crippen molar-refractivity contribution in [3.05, 3.63) is 60.8 Å². The predicted molar refractivity (Wildman–Crippen MR) is 125 cm³/mol. The molecule has 0 aliphatic carbocycles. The first kappa shape index (κ1) is 21.7. The van der Waals surface area contributed by atoms with E-state index >= 15 is 0 Å². The molecule has 1 aliphatic heterocycles. The molecular weight excluding hydrogens is 406 g/mol. The van der Waals surface area contributed by atoms with E-state index in [9.17, 15) is 4.79 Å². The number of ether oxygens (including phenoxy) is 2. The average Bonchev–Trinajstić information content (AvgIpc) is 2.85. The molecule has 1 fully saturated rings. The van der Waals surface area contributed by atoms with Crippen molar-refractivity contribution in [3.63, 3.8) is 0 Å². The van der Waals surface area contributed by atoms with E-state index in [-0.39, 0.29) is 5.91 Å². The van der Waals surface area contributed by atoms with Gasteiger partial charge in [-0.3, -0.25) is 4.79 Å². The molecule has 2 aromatic carbocycles. The molecular formula is C24H27N5O3. The number of anilines is 4. The van der Waals surface area contributed by atoms with Crippen molar-refractivity contribution in [2.45, 2.75) is 13.0 Å². The van der Waals surface area contributed by atoms with Crippen LogP contribution < -0.4 is 15.5 Å². The molecule has 1 unspecified atom stereocenters. The molecule has 1 aromatic heterocycles. The third-order valence-electron chi connectivity index (χ3n) is 5.33. The summed E-state index contributed by atoms with van der Waals surface area (Å²) in [4.78, 5) is 23.2. The third kappa shape index (κ3) is 5.40. The summed E-state index contributed by atoms with van der Waals surface area (Å²) in [6.45, 7) is 5.05. The lowest BCUT2D eigenvalue weighted by molar-refractivity contribution is -0.124. The Hall–Kier alpha value is -3.49. The lowest BCUT2D eigenvalue weighted by atomic mass is 10.1. The molecule has 1 aliphatic rings. The molecule has 1 atom stereocenters. The van der Waals surface area contributed by atoms with Crippen LogP contribution in [0.4, 0.5) is 23.0 Å². The van der Waals surface area contributed by atoms with Crippen molar-refractivity contribution in [3.8, 4) is 11.3 Å². The Labute approximate surface area is 187 Å². The zero-order valence-corrected chi connectivity index (χ0v) is 18.2. The molecule has 0 spiro atoms. The normalized spacial score (nSPS) is 14.6. The second kappa shape index (κ2) is 10.2. The van der Waals surface area contributed by atoms with Crippen LogP contribution in [0.5, 0.6) is 0 Å². The number of hydrogen-bond donors (Lipinski definition) is 2. The maximum atomic E-state index is 12.0. The minimum absolute atomic E-state index is 0.187. The van der Waals surface area contributed by atoms with Gasteiger partial charge < -0.3 is 25.0 Å². The molecule has 166 valence electrons. The topological polar surface area (TPSA) is 88.6 Å². The number of nitrogens with zero attached hydrogens (tertiary/aromatic N) is 3. The summed E-state index contributed by atoms with van der Waals surface area (Å²) in [6.07, 6.45) is 1.22. The molecule has 1 saturated heterocycles. The standard InChI is InChI=1S/C24H27N5O3/c1-17(31-2)23(30)26-19-5-3-18(4-6-19)22-11-12-25-24(28-22)27-20-7-9-21(10-8-20)29-13-15-32-16-14-29/h3-12,17H,13-16H2,1-2H3,(H,26,30)(H,25,27,28). The summed E-state index contributed by atoms with van der Waals surface area (Å²) in [5.41, 5.74) is 4.52. The number of carbonyl (C=O) groups is 1. The number of methoxy groups -OCH3 is 1. The van der Waals surface area contributed by atoms with Crippen LogP contribution >= 0.6 is 0 Å². The number of benzene rings is 2. The lowest BCUT2D eigenvalue weighted by Crippen LogP contribution is -2.36. The van der Waals surface area contributed by atoms with Gasteiger partial charge in [0.05, 0.1) is 18.9 Å². The lowest BCUT2D eigenvalue weighted by Gasteiger charge is -2.28.